The number of hydrogen-bond donors (Lipinski definition) is 3. The third-order valence-corrected chi connectivity index (χ3v) is 11.0. The monoisotopic (exact) mass is 793 g/mol. The van der Waals surface area contributed by atoms with Gasteiger partial charge in [0.05, 0.1) is 41.1 Å². The van der Waals surface area contributed by atoms with Crippen molar-refractivity contribution < 1.29 is 23.8 Å². The second-order valence-corrected chi connectivity index (χ2v) is 16.5. The Morgan fingerprint density at radius 1 is 1.24 bits per heavy atom. The van der Waals surface area contributed by atoms with Crippen molar-refractivity contribution in [3.8, 4) is 17.3 Å². The fraction of sp³-hybridized carbons (Fsp3) is 0.512. The molecular formula is C41H57FN7O4PS. The third kappa shape index (κ3) is 10.4. The first-order valence-corrected chi connectivity index (χ1v) is 20.3. The number of aromatic nitrogens is 1. The number of pyridine rings is 1. The number of carbonyl (C=O) groups is 1. The minimum absolute atomic E-state index is 0.134. The summed E-state index contributed by atoms with van der Waals surface area (Å²) in [5.74, 6) is 1.69. The zero-order chi connectivity index (χ0) is 40.6. The molecule has 0 saturated carbocycles. The molecule has 1 aromatic carbocycles. The highest BCUT2D eigenvalue weighted by Crippen LogP contribution is 2.44. The van der Waals surface area contributed by atoms with Crippen molar-refractivity contribution in [3.63, 3.8) is 0 Å². The van der Waals surface area contributed by atoms with Crippen LogP contribution in [0, 0.1) is 24.1 Å². The number of aliphatic hydroxyl groups is 1. The molecule has 2 aliphatic rings. The van der Waals surface area contributed by atoms with Crippen LogP contribution in [-0.2, 0) is 22.7 Å². The standard InChI is InChI=1S/C36H47FN7O3PS.C5H10O/c1-9-11-12-26(44-16-21(17-44)43(7)8)41-33(39-13-10-2)27-20(3)31(48)28(24-19-46-18-23(24)27)30-29-22(14-38)34(42-35(45)47-36(4,5)6)49-32(29)25(37)15-40-30;1-3-4-5(2)6/h12,15,21H,9-11,13,16-19,48H2,1-8H3,(H,39,41)(H,42,45);4,6H,3H2,1-2H3/b26-12-;5-4+. The maximum Gasteiger partial charge on any atom is 0.412 e. The zero-order valence-corrected chi connectivity index (χ0v) is 35.9. The topological polar surface area (TPSA) is 135 Å². The van der Waals surface area contributed by atoms with Gasteiger partial charge in [-0.15, -0.1) is 20.6 Å². The molecule has 0 aliphatic carbocycles. The Kier molecular flexibility index (Phi) is 15.2. The summed E-state index contributed by atoms with van der Waals surface area (Å²) in [6.07, 6.45) is 8.27. The Morgan fingerprint density at radius 2 is 1.93 bits per heavy atom. The molecule has 1 atom stereocenters. The van der Waals surface area contributed by atoms with E-state index in [1.807, 2.05) is 6.92 Å². The molecule has 3 N–H and O–H groups in total. The maximum absolute atomic E-state index is 15.4. The van der Waals surface area contributed by atoms with Gasteiger partial charge in [-0.05, 0) is 102 Å². The number of allylic oxidation sites excluding steroid dienone is 3. The van der Waals surface area contributed by atoms with E-state index in [1.165, 1.54) is 6.20 Å². The lowest BCUT2D eigenvalue weighted by molar-refractivity contribution is 0.0636. The van der Waals surface area contributed by atoms with Crippen LogP contribution in [-0.4, -0.2) is 77.2 Å². The van der Waals surface area contributed by atoms with Crippen molar-refractivity contribution in [2.75, 3.05) is 39.0 Å². The van der Waals surface area contributed by atoms with Crippen molar-refractivity contribution in [3.05, 3.63) is 63.6 Å². The quantitative estimate of drug-likeness (QED) is 0.0755. The number of unbranched alkanes of at least 4 members (excludes halogenated alkanes) is 1. The molecule has 1 fully saturated rings. The number of likely N-dealkylation sites (tertiary alicyclic amines) is 1. The van der Waals surface area contributed by atoms with E-state index in [4.69, 9.17) is 19.6 Å². The summed E-state index contributed by atoms with van der Waals surface area (Å²) in [7, 11) is 7.10. The molecule has 4 heterocycles. The minimum atomic E-state index is -0.746. The van der Waals surface area contributed by atoms with E-state index in [-0.39, 0.29) is 15.3 Å². The Labute approximate surface area is 331 Å². The number of carbonyl (C=O) groups excluding carboxylic acids is 1. The first-order valence-electron chi connectivity index (χ1n) is 18.9. The van der Waals surface area contributed by atoms with E-state index in [1.54, 1.807) is 33.8 Å². The second-order valence-electron chi connectivity index (χ2n) is 15.0. The Morgan fingerprint density at radius 3 is 2.49 bits per heavy atom. The Bertz CT molecular complexity index is 2000. The van der Waals surface area contributed by atoms with Gasteiger partial charge in [-0.2, -0.15) is 5.26 Å². The van der Waals surface area contributed by atoms with Crippen molar-refractivity contribution in [2.45, 2.75) is 106 Å². The highest BCUT2D eigenvalue weighted by atomic mass is 32.1. The molecule has 0 bridgehead atoms. The van der Waals surface area contributed by atoms with Crippen LogP contribution >= 0.6 is 20.6 Å². The molecule has 2 aliphatic heterocycles. The number of nitrogens with zero attached hydrogens (tertiary/aromatic N) is 5. The van der Waals surface area contributed by atoms with Crippen LogP contribution < -0.4 is 15.9 Å². The molecular weight excluding hydrogens is 737 g/mol. The molecule has 11 nitrogen and oxygen atoms in total. The lowest BCUT2D eigenvalue weighted by Crippen LogP contribution is -2.58. The second kappa shape index (κ2) is 19.2. The molecule has 1 amide bonds. The van der Waals surface area contributed by atoms with Crippen molar-refractivity contribution >= 4 is 52.9 Å². The number of amides is 1. The number of aliphatic hydroxyl groups excluding tert-OH is 1. The lowest BCUT2D eigenvalue weighted by atomic mass is 9.89. The number of nitriles is 1. The third-order valence-electron chi connectivity index (χ3n) is 9.18. The van der Waals surface area contributed by atoms with Crippen LogP contribution in [0.5, 0.6) is 0 Å². The Hall–Kier alpha value is -4.08. The summed E-state index contributed by atoms with van der Waals surface area (Å²) in [4.78, 5) is 27.0. The van der Waals surface area contributed by atoms with Gasteiger partial charge in [0.1, 0.15) is 28.3 Å². The van der Waals surface area contributed by atoms with E-state index in [0.29, 0.717) is 42.6 Å². The number of aliphatic imine (C=N–C) groups is 1. The number of halogens is 1. The van der Waals surface area contributed by atoms with Gasteiger partial charge in [0.25, 0.3) is 0 Å². The van der Waals surface area contributed by atoms with Crippen LogP contribution in [0.2, 0.25) is 0 Å². The summed E-state index contributed by atoms with van der Waals surface area (Å²) >= 11 is 0.994. The SMILES string of the molecule is CC/C=C(\C)O.CCC/C=C(/NC(=NCCC)c1c(C)c(P)c(-c2ncc(F)c3sc(NC(=O)OC(C)(C)C)c(C#N)c23)c2c1COC2)N1CC(N(C)C)C1. The van der Waals surface area contributed by atoms with E-state index < -0.39 is 17.5 Å². The number of rotatable bonds is 11. The van der Waals surface area contributed by atoms with Crippen LogP contribution in [0.3, 0.4) is 0 Å². The molecule has 1 unspecified atom stereocenters. The minimum Gasteiger partial charge on any atom is -0.513 e. The number of hydrogen-bond acceptors (Lipinski definition) is 10. The average molecular weight is 794 g/mol. The van der Waals surface area contributed by atoms with Gasteiger partial charge in [-0.25, -0.2) is 9.18 Å². The summed E-state index contributed by atoms with van der Waals surface area (Å²) in [6.45, 7) is 18.5. The number of nitrogens with one attached hydrogen (secondary N) is 2. The number of amidine groups is 1. The molecule has 14 heteroatoms. The van der Waals surface area contributed by atoms with Gasteiger partial charge < -0.3 is 29.7 Å². The van der Waals surface area contributed by atoms with E-state index >= 15 is 4.39 Å². The molecule has 55 heavy (non-hydrogen) atoms. The smallest absolute Gasteiger partial charge is 0.412 e. The van der Waals surface area contributed by atoms with Crippen molar-refractivity contribution in [1.82, 2.24) is 20.1 Å². The van der Waals surface area contributed by atoms with Crippen molar-refractivity contribution in [1.29, 1.82) is 5.26 Å². The zero-order valence-electron chi connectivity index (χ0n) is 33.9. The van der Waals surface area contributed by atoms with Gasteiger partial charge in [0, 0.05) is 42.2 Å². The number of fused-ring (bicyclic) bond motifs is 2. The number of ether oxygens (including phenoxy) is 2. The van der Waals surface area contributed by atoms with Crippen LogP contribution in [0.15, 0.2) is 34.9 Å². The largest absolute Gasteiger partial charge is 0.513 e. The summed E-state index contributed by atoms with van der Waals surface area (Å²) in [5, 5.41) is 26.6. The highest BCUT2D eigenvalue weighted by molar-refractivity contribution is 7.28. The summed E-state index contributed by atoms with van der Waals surface area (Å²) < 4.78 is 27.1. The van der Waals surface area contributed by atoms with Gasteiger partial charge in [-0.3, -0.25) is 15.3 Å². The first kappa shape index (κ1) is 43.6. The van der Waals surface area contributed by atoms with Crippen LogP contribution in [0.4, 0.5) is 14.2 Å². The van der Waals surface area contributed by atoms with Crippen LogP contribution in [0.1, 0.15) is 102 Å². The molecule has 2 aromatic heterocycles. The molecule has 0 spiro atoms. The molecule has 298 valence electrons. The molecule has 1 saturated heterocycles. The summed E-state index contributed by atoms with van der Waals surface area (Å²) in [5.41, 5.74) is 4.49. The predicted molar refractivity (Wildman–Crippen MR) is 226 cm³/mol. The van der Waals surface area contributed by atoms with Gasteiger partial charge in [-0.1, -0.05) is 27.2 Å². The number of benzene rings is 1. The van der Waals surface area contributed by atoms with E-state index in [0.717, 1.165) is 94.9 Å². The van der Waals surface area contributed by atoms with Gasteiger partial charge in [0.2, 0.25) is 0 Å². The number of likely N-dealkylation sites (N-methyl/N-ethyl adjacent to an activating group) is 1. The van der Waals surface area contributed by atoms with Crippen LogP contribution in [0.25, 0.3) is 21.3 Å². The molecule has 0 radical (unpaired) electrons. The highest BCUT2D eigenvalue weighted by Gasteiger charge is 2.33. The first-order chi connectivity index (χ1) is 26.1. The fourth-order valence-corrected chi connectivity index (χ4v) is 7.86. The summed E-state index contributed by atoms with van der Waals surface area (Å²) in [6, 6.07) is 2.70. The van der Waals surface area contributed by atoms with Gasteiger partial charge >= 0.3 is 6.09 Å². The lowest BCUT2D eigenvalue weighted by Gasteiger charge is -2.45. The van der Waals surface area contributed by atoms with E-state index in [9.17, 15) is 10.1 Å². The molecule has 5 rings (SSSR count). The molecule has 3 aromatic rings. The predicted octanol–water partition coefficient (Wildman–Crippen LogP) is 8.65. The fourth-order valence-electron chi connectivity index (χ4n) is 6.37. The van der Waals surface area contributed by atoms with Gasteiger partial charge in [0.15, 0.2) is 5.82 Å². The number of thiophene rings is 1. The van der Waals surface area contributed by atoms with Crippen molar-refractivity contribution in [2.24, 2.45) is 4.99 Å². The Balaban J connectivity index is 0.00000104. The normalized spacial score (nSPS) is 15.1. The maximum atomic E-state index is 15.4. The van der Waals surface area contributed by atoms with E-state index in [2.05, 4.69) is 81.7 Å². The average Bonchev–Trinajstić information content (AvgIpc) is 3.70. The number of anilines is 1.